The van der Waals surface area contributed by atoms with Gasteiger partial charge in [-0.2, -0.15) is 5.10 Å². The molecule has 1 N–H and O–H groups in total. The Labute approximate surface area is 238 Å². The minimum Gasteiger partial charge on any atom is -0.497 e. The van der Waals surface area contributed by atoms with Crippen molar-refractivity contribution in [3.63, 3.8) is 0 Å². The highest BCUT2D eigenvalue weighted by Gasteiger charge is 2.29. The van der Waals surface area contributed by atoms with Gasteiger partial charge in [0.25, 0.3) is 15.9 Å². The standard InChI is InChI=1S/C29H29ClN4O5S/c1-20-16-22(21(2)34(20)24-12-10-23(30)11-13-24)18-31-32-29(35)19-33(40(36,37)26-8-6-5-7-9-26)27-15-14-25(38-3)17-28(27)39-4/h5-18H,19H2,1-4H3,(H,32,35)/b31-18-. The van der Waals surface area contributed by atoms with E-state index in [1.165, 1.54) is 38.6 Å². The van der Waals surface area contributed by atoms with Gasteiger partial charge in [0.2, 0.25) is 0 Å². The molecule has 0 radical (unpaired) electrons. The molecule has 1 aromatic heterocycles. The van der Waals surface area contributed by atoms with Crippen LogP contribution in [-0.4, -0.2) is 45.9 Å². The van der Waals surface area contributed by atoms with Crippen molar-refractivity contribution in [1.29, 1.82) is 0 Å². The number of nitrogens with one attached hydrogen (secondary N) is 1. The molecule has 11 heteroatoms. The first-order chi connectivity index (χ1) is 19.1. The molecular weight excluding hydrogens is 552 g/mol. The molecule has 0 atom stereocenters. The average Bonchev–Trinajstić information content (AvgIpc) is 3.24. The van der Waals surface area contributed by atoms with Crippen LogP contribution in [0.4, 0.5) is 5.69 Å². The number of amides is 1. The van der Waals surface area contributed by atoms with Crippen LogP contribution in [0.3, 0.4) is 0 Å². The minimum atomic E-state index is -4.13. The number of hydrazone groups is 1. The number of ether oxygens (including phenoxy) is 2. The molecular formula is C29H29ClN4O5S. The van der Waals surface area contributed by atoms with Crippen LogP contribution in [0.5, 0.6) is 11.5 Å². The van der Waals surface area contributed by atoms with Gasteiger partial charge in [0.15, 0.2) is 0 Å². The highest BCUT2D eigenvalue weighted by molar-refractivity contribution is 7.92. The van der Waals surface area contributed by atoms with Gasteiger partial charge in [-0.05, 0) is 68.4 Å². The molecule has 208 valence electrons. The number of nitrogens with zero attached hydrogens (tertiary/aromatic N) is 3. The third-order valence-electron chi connectivity index (χ3n) is 6.22. The number of carbonyl (C=O) groups is 1. The molecule has 40 heavy (non-hydrogen) atoms. The second-order valence-electron chi connectivity index (χ2n) is 8.79. The van der Waals surface area contributed by atoms with Crippen molar-refractivity contribution in [3.05, 3.63) is 101 Å². The van der Waals surface area contributed by atoms with E-state index in [0.29, 0.717) is 10.8 Å². The Bertz CT molecular complexity index is 1640. The molecule has 0 unspecified atom stereocenters. The average molecular weight is 581 g/mol. The van der Waals surface area contributed by atoms with E-state index in [2.05, 4.69) is 10.5 Å². The van der Waals surface area contributed by atoms with Crippen molar-refractivity contribution in [2.75, 3.05) is 25.1 Å². The molecule has 1 heterocycles. The van der Waals surface area contributed by atoms with Crippen LogP contribution in [0, 0.1) is 13.8 Å². The Morgan fingerprint density at radius 2 is 1.70 bits per heavy atom. The monoisotopic (exact) mass is 580 g/mol. The molecule has 9 nitrogen and oxygen atoms in total. The van der Waals surface area contributed by atoms with Gasteiger partial charge in [-0.25, -0.2) is 13.8 Å². The second kappa shape index (κ2) is 12.3. The quantitative estimate of drug-likeness (QED) is 0.207. The Morgan fingerprint density at radius 3 is 2.35 bits per heavy atom. The van der Waals surface area contributed by atoms with E-state index in [1.54, 1.807) is 30.3 Å². The summed E-state index contributed by atoms with van der Waals surface area (Å²) in [6.07, 6.45) is 1.52. The zero-order valence-electron chi connectivity index (χ0n) is 22.5. The molecule has 0 aliphatic rings. The molecule has 3 aromatic carbocycles. The number of hydrogen-bond acceptors (Lipinski definition) is 6. The van der Waals surface area contributed by atoms with Gasteiger partial charge in [-0.3, -0.25) is 9.10 Å². The lowest BCUT2D eigenvalue weighted by Crippen LogP contribution is -2.39. The van der Waals surface area contributed by atoms with Crippen molar-refractivity contribution in [1.82, 2.24) is 9.99 Å². The van der Waals surface area contributed by atoms with Crippen molar-refractivity contribution in [2.24, 2.45) is 5.10 Å². The smallest absolute Gasteiger partial charge is 0.264 e. The van der Waals surface area contributed by atoms with Gasteiger partial charge in [-0.15, -0.1) is 0 Å². The number of rotatable bonds is 10. The fraction of sp³-hybridized carbons (Fsp3) is 0.172. The number of aryl methyl sites for hydroxylation is 1. The van der Waals surface area contributed by atoms with Gasteiger partial charge < -0.3 is 14.0 Å². The van der Waals surface area contributed by atoms with Crippen LogP contribution in [0.15, 0.2) is 88.9 Å². The first kappa shape index (κ1) is 28.7. The number of carbonyl (C=O) groups excluding carboxylic acids is 1. The molecule has 0 saturated heterocycles. The van der Waals surface area contributed by atoms with Crippen molar-refractivity contribution < 1.29 is 22.7 Å². The Hall–Kier alpha value is -4.28. The highest BCUT2D eigenvalue weighted by Crippen LogP contribution is 2.35. The number of aromatic nitrogens is 1. The summed E-state index contributed by atoms with van der Waals surface area (Å²) in [5.74, 6) is 0.0628. The first-order valence-electron chi connectivity index (χ1n) is 12.2. The first-order valence-corrected chi connectivity index (χ1v) is 14.0. The molecule has 0 bridgehead atoms. The molecule has 0 saturated carbocycles. The SMILES string of the molecule is COc1ccc(N(CC(=O)N/N=C\c2cc(C)n(-c3ccc(Cl)cc3)c2C)S(=O)(=O)c2ccccc2)c(OC)c1. The summed E-state index contributed by atoms with van der Waals surface area (Å²) in [5.41, 5.74) is 6.24. The third kappa shape index (κ3) is 6.13. The molecule has 0 aliphatic heterocycles. The van der Waals surface area contributed by atoms with Gasteiger partial charge >= 0.3 is 0 Å². The van der Waals surface area contributed by atoms with Gasteiger partial charge in [0, 0.05) is 33.7 Å². The van der Waals surface area contributed by atoms with Crippen LogP contribution in [0.1, 0.15) is 17.0 Å². The number of halogens is 1. The number of benzene rings is 3. The lowest BCUT2D eigenvalue weighted by Gasteiger charge is -2.25. The zero-order chi connectivity index (χ0) is 28.9. The molecule has 4 rings (SSSR count). The van der Waals surface area contributed by atoms with Crippen LogP contribution < -0.4 is 19.2 Å². The van der Waals surface area contributed by atoms with Gasteiger partial charge in [0.05, 0.1) is 31.0 Å². The summed E-state index contributed by atoms with van der Waals surface area (Å²) in [7, 11) is -1.23. The van der Waals surface area contributed by atoms with Gasteiger partial charge in [-0.1, -0.05) is 29.8 Å². The Kier molecular flexibility index (Phi) is 8.81. The zero-order valence-corrected chi connectivity index (χ0v) is 24.0. The topological polar surface area (TPSA) is 102 Å². The van der Waals surface area contributed by atoms with E-state index in [1.807, 2.05) is 48.7 Å². The normalized spacial score (nSPS) is 11.4. The molecule has 0 aliphatic carbocycles. The van der Waals surface area contributed by atoms with Gasteiger partial charge in [0.1, 0.15) is 18.0 Å². The molecule has 0 fully saturated rings. The van der Waals surface area contributed by atoms with E-state index in [4.69, 9.17) is 21.1 Å². The largest absolute Gasteiger partial charge is 0.497 e. The van der Waals surface area contributed by atoms with Crippen LogP contribution in [0.2, 0.25) is 5.02 Å². The number of sulfonamides is 1. The summed E-state index contributed by atoms with van der Waals surface area (Å²) in [6, 6.07) is 21.9. The Balaban J connectivity index is 1.59. The number of methoxy groups -OCH3 is 2. The predicted molar refractivity (Wildman–Crippen MR) is 157 cm³/mol. The van der Waals surface area contributed by atoms with Crippen molar-refractivity contribution in [2.45, 2.75) is 18.7 Å². The minimum absolute atomic E-state index is 0.0267. The maximum atomic E-state index is 13.6. The maximum Gasteiger partial charge on any atom is 0.264 e. The van der Waals surface area contributed by atoms with E-state index in [0.717, 1.165) is 26.9 Å². The second-order valence-corrected chi connectivity index (χ2v) is 11.1. The number of hydrogen-bond donors (Lipinski definition) is 1. The van der Waals surface area contributed by atoms with E-state index in [9.17, 15) is 13.2 Å². The van der Waals surface area contributed by atoms with E-state index < -0.39 is 22.5 Å². The lowest BCUT2D eigenvalue weighted by atomic mass is 10.2. The fourth-order valence-electron chi connectivity index (χ4n) is 4.26. The third-order valence-corrected chi connectivity index (χ3v) is 8.25. The van der Waals surface area contributed by atoms with Crippen molar-refractivity contribution in [3.8, 4) is 17.2 Å². The highest BCUT2D eigenvalue weighted by atomic mass is 35.5. The molecule has 4 aromatic rings. The van der Waals surface area contributed by atoms with E-state index >= 15 is 0 Å². The van der Waals surface area contributed by atoms with Crippen molar-refractivity contribution >= 4 is 39.4 Å². The summed E-state index contributed by atoms with van der Waals surface area (Å²) in [5, 5.41) is 4.75. The summed E-state index contributed by atoms with van der Waals surface area (Å²) >= 11 is 6.03. The summed E-state index contributed by atoms with van der Waals surface area (Å²) < 4.78 is 41.0. The van der Waals surface area contributed by atoms with Crippen LogP contribution in [0.25, 0.3) is 5.69 Å². The van der Waals surface area contributed by atoms with E-state index in [-0.39, 0.29) is 16.3 Å². The number of anilines is 1. The maximum absolute atomic E-state index is 13.6. The Morgan fingerprint density at radius 1 is 1.00 bits per heavy atom. The fourth-order valence-corrected chi connectivity index (χ4v) is 5.83. The molecule has 1 amide bonds. The van der Waals surface area contributed by atoms with Crippen LogP contribution in [-0.2, 0) is 14.8 Å². The van der Waals surface area contributed by atoms with Crippen LogP contribution >= 0.6 is 11.6 Å². The predicted octanol–water partition coefficient (Wildman–Crippen LogP) is 5.11. The summed E-state index contributed by atoms with van der Waals surface area (Å²) in [6.45, 7) is 3.36. The lowest BCUT2D eigenvalue weighted by molar-refractivity contribution is -0.119. The summed E-state index contributed by atoms with van der Waals surface area (Å²) in [4.78, 5) is 13.0. The molecule has 0 spiro atoms.